The summed E-state index contributed by atoms with van der Waals surface area (Å²) in [6.07, 6.45) is 0.856. The lowest BCUT2D eigenvalue weighted by molar-refractivity contribution is -0.385. The van der Waals surface area contributed by atoms with Gasteiger partial charge in [0.25, 0.3) is 5.69 Å². The van der Waals surface area contributed by atoms with Crippen LogP contribution < -0.4 is 0 Å². The Labute approximate surface area is 182 Å². The molecule has 2 aromatic rings. The molecule has 1 heterocycles. The first kappa shape index (κ1) is 23.3. The molecule has 0 aromatic heterocycles. The monoisotopic (exact) mass is 467 g/mol. The lowest BCUT2D eigenvalue weighted by atomic mass is 10.0. The first-order valence-electron chi connectivity index (χ1n) is 9.85. The van der Waals surface area contributed by atoms with Gasteiger partial charge in [0.15, 0.2) is 0 Å². The molecule has 3 rings (SSSR count). The third-order valence-electron chi connectivity index (χ3n) is 5.07. The second-order valence-corrected chi connectivity index (χ2v) is 11.7. The number of hydrogen-bond acceptors (Lipinski definition) is 6. The Morgan fingerprint density at radius 3 is 1.87 bits per heavy atom. The molecule has 0 spiro atoms. The highest BCUT2D eigenvalue weighted by atomic mass is 32.2. The van der Waals surface area contributed by atoms with E-state index in [0.29, 0.717) is 5.92 Å². The van der Waals surface area contributed by atoms with Crippen LogP contribution in [0.5, 0.6) is 0 Å². The van der Waals surface area contributed by atoms with Crippen LogP contribution in [0.1, 0.15) is 19.4 Å². The van der Waals surface area contributed by atoms with Gasteiger partial charge in [-0.3, -0.25) is 10.1 Å². The zero-order chi connectivity index (χ0) is 22.8. The molecule has 1 aliphatic rings. The average molecular weight is 468 g/mol. The average Bonchev–Trinajstić information content (AvgIpc) is 2.74. The Hall–Kier alpha value is -2.34. The second kappa shape index (κ2) is 9.03. The number of benzene rings is 2. The van der Waals surface area contributed by atoms with E-state index < -0.39 is 25.0 Å². The van der Waals surface area contributed by atoms with Crippen molar-refractivity contribution in [1.29, 1.82) is 0 Å². The molecule has 0 atom stereocenters. The minimum Gasteiger partial charge on any atom is -0.258 e. The molecule has 31 heavy (non-hydrogen) atoms. The van der Waals surface area contributed by atoms with Crippen molar-refractivity contribution in [3.8, 4) is 0 Å². The van der Waals surface area contributed by atoms with Gasteiger partial charge in [-0.2, -0.15) is 8.61 Å². The van der Waals surface area contributed by atoms with Crippen LogP contribution in [-0.2, 0) is 26.5 Å². The molecule has 168 valence electrons. The number of sulfonamides is 2. The summed E-state index contributed by atoms with van der Waals surface area (Å²) in [7, 11) is -7.70. The molecule has 1 saturated heterocycles. The maximum absolute atomic E-state index is 12.9. The summed E-state index contributed by atoms with van der Waals surface area (Å²) in [6, 6.07) is 11.6. The van der Waals surface area contributed by atoms with Gasteiger partial charge in [-0.1, -0.05) is 32.0 Å². The normalized spacial score (nSPS) is 16.5. The summed E-state index contributed by atoms with van der Waals surface area (Å²) < 4.78 is 54.0. The molecule has 0 N–H and O–H groups in total. The second-order valence-electron chi connectivity index (χ2n) is 7.80. The predicted octanol–water partition coefficient (Wildman–Crippen LogP) is 2.49. The van der Waals surface area contributed by atoms with Crippen LogP contribution in [-0.4, -0.2) is 56.5 Å². The number of nitro groups is 1. The fourth-order valence-electron chi connectivity index (χ4n) is 3.48. The van der Waals surface area contributed by atoms with Gasteiger partial charge >= 0.3 is 0 Å². The molecule has 0 amide bonds. The van der Waals surface area contributed by atoms with Gasteiger partial charge in [-0.05, 0) is 36.1 Å². The topological polar surface area (TPSA) is 118 Å². The molecule has 11 heteroatoms. The van der Waals surface area contributed by atoms with Crippen LogP contribution in [0, 0.1) is 16.0 Å². The summed E-state index contributed by atoms with van der Waals surface area (Å²) in [5.41, 5.74) is 0.741. The Morgan fingerprint density at radius 2 is 1.39 bits per heavy atom. The minimum atomic E-state index is -3.96. The third-order valence-corrected chi connectivity index (χ3v) is 8.88. The zero-order valence-electron chi connectivity index (χ0n) is 17.3. The number of piperazine rings is 1. The van der Waals surface area contributed by atoms with E-state index in [0.717, 1.165) is 22.4 Å². The number of rotatable bonds is 7. The van der Waals surface area contributed by atoms with Gasteiger partial charge in [-0.15, -0.1) is 0 Å². The van der Waals surface area contributed by atoms with Crippen molar-refractivity contribution < 1.29 is 21.8 Å². The van der Waals surface area contributed by atoms with Crippen molar-refractivity contribution in [3.63, 3.8) is 0 Å². The minimum absolute atomic E-state index is 0.00420. The van der Waals surface area contributed by atoms with Gasteiger partial charge < -0.3 is 0 Å². The molecule has 0 saturated carbocycles. The molecule has 1 aliphatic heterocycles. The van der Waals surface area contributed by atoms with Crippen molar-refractivity contribution in [2.45, 2.75) is 30.1 Å². The molecular formula is C20H25N3O6S2. The van der Waals surface area contributed by atoms with Crippen LogP contribution in [0.25, 0.3) is 0 Å². The molecule has 2 aromatic carbocycles. The van der Waals surface area contributed by atoms with Crippen LogP contribution in [0.15, 0.2) is 58.3 Å². The maximum Gasteiger partial charge on any atom is 0.270 e. The maximum atomic E-state index is 12.9. The summed E-state index contributed by atoms with van der Waals surface area (Å²) >= 11 is 0. The van der Waals surface area contributed by atoms with E-state index in [4.69, 9.17) is 0 Å². The van der Waals surface area contributed by atoms with Crippen molar-refractivity contribution in [2.75, 3.05) is 26.2 Å². The van der Waals surface area contributed by atoms with Gasteiger partial charge in [0.2, 0.25) is 20.0 Å². The standard InChI is InChI=1S/C20H25N3O6S2/c1-16(2)14-17-6-8-19(9-7-17)30(26,27)21-10-12-22(13-11-21)31(28,29)20-5-3-4-18(15-20)23(24)25/h3-9,15-16H,10-14H2,1-2H3. The molecule has 9 nitrogen and oxygen atoms in total. The lowest BCUT2D eigenvalue weighted by Gasteiger charge is -2.33. The Balaban J connectivity index is 1.72. The van der Waals surface area contributed by atoms with Gasteiger partial charge in [0, 0.05) is 38.3 Å². The van der Waals surface area contributed by atoms with E-state index in [-0.39, 0.29) is 41.7 Å². The molecule has 1 fully saturated rings. The van der Waals surface area contributed by atoms with Gasteiger partial charge in [-0.25, -0.2) is 16.8 Å². The fraction of sp³-hybridized carbons (Fsp3) is 0.400. The highest BCUT2D eigenvalue weighted by Gasteiger charge is 2.34. The van der Waals surface area contributed by atoms with Gasteiger partial charge in [0.1, 0.15) is 0 Å². The van der Waals surface area contributed by atoms with Crippen LogP contribution in [0.2, 0.25) is 0 Å². The Kier molecular flexibility index (Phi) is 6.79. The molecule has 0 bridgehead atoms. The Morgan fingerprint density at radius 1 is 0.871 bits per heavy atom. The smallest absolute Gasteiger partial charge is 0.258 e. The van der Waals surface area contributed by atoms with E-state index in [1.54, 1.807) is 24.3 Å². The molecule has 0 unspecified atom stereocenters. The van der Waals surface area contributed by atoms with Crippen LogP contribution in [0.3, 0.4) is 0 Å². The highest BCUT2D eigenvalue weighted by molar-refractivity contribution is 7.89. The largest absolute Gasteiger partial charge is 0.270 e. The predicted molar refractivity (Wildman–Crippen MR) is 116 cm³/mol. The summed E-state index contributed by atoms with van der Waals surface area (Å²) in [4.78, 5) is 10.3. The number of non-ortho nitro benzene ring substituents is 1. The van der Waals surface area contributed by atoms with Gasteiger partial charge in [0.05, 0.1) is 14.7 Å². The first-order valence-corrected chi connectivity index (χ1v) is 12.7. The van der Waals surface area contributed by atoms with Crippen molar-refractivity contribution in [1.82, 2.24) is 8.61 Å². The van der Waals surface area contributed by atoms with Crippen molar-refractivity contribution >= 4 is 25.7 Å². The fourth-order valence-corrected chi connectivity index (χ4v) is 6.36. The molecule has 0 aliphatic carbocycles. The number of nitro benzene ring substituents is 1. The third kappa shape index (κ3) is 5.12. The highest BCUT2D eigenvalue weighted by Crippen LogP contribution is 2.24. The molecular weight excluding hydrogens is 442 g/mol. The summed E-state index contributed by atoms with van der Waals surface area (Å²) in [5.74, 6) is 0.462. The first-order chi connectivity index (χ1) is 14.5. The van der Waals surface area contributed by atoms with Crippen molar-refractivity contribution in [3.05, 3.63) is 64.2 Å². The van der Waals surface area contributed by atoms with Crippen LogP contribution in [0.4, 0.5) is 5.69 Å². The quantitative estimate of drug-likeness (QED) is 0.456. The summed E-state index contributed by atoms with van der Waals surface area (Å²) in [5, 5.41) is 10.9. The van der Waals surface area contributed by atoms with Crippen molar-refractivity contribution in [2.24, 2.45) is 5.92 Å². The molecule has 0 radical (unpaired) electrons. The van der Waals surface area contributed by atoms with E-state index in [9.17, 15) is 26.9 Å². The van der Waals surface area contributed by atoms with E-state index in [1.165, 1.54) is 22.5 Å². The van der Waals surface area contributed by atoms with E-state index >= 15 is 0 Å². The number of hydrogen-bond donors (Lipinski definition) is 0. The van der Waals surface area contributed by atoms with Crippen LogP contribution >= 0.6 is 0 Å². The summed E-state index contributed by atoms with van der Waals surface area (Å²) in [6.45, 7) is 4.12. The van der Waals surface area contributed by atoms with E-state index in [1.807, 2.05) is 0 Å². The SMILES string of the molecule is CC(C)Cc1ccc(S(=O)(=O)N2CCN(S(=O)(=O)c3cccc([N+](=O)[O-])c3)CC2)cc1. The Bertz CT molecular complexity index is 1150. The lowest BCUT2D eigenvalue weighted by Crippen LogP contribution is -2.50. The van der Waals surface area contributed by atoms with E-state index in [2.05, 4.69) is 13.8 Å². The zero-order valence-corrected chi connectivity index (χ0v) is 19.0. The number of nitrogens with zero attached hydrogens (tertiary/aromatic N) is 3.